The van der Waals surface area contributed by atoms with E-state index < -0.39 is 0 Å². The van der Waals surface area contributed by atoms with Crippen molar-refractivity contribution in [3.8, 4) is 0 Å². The molecule has 0 saturated heterocycles. The van der Waals surface area contributed by atoms with E-state index in [4.69, 9.17) is 9.47 Å². The minimum atomic E-state index is -0.183. The lowest BCUT2D eigenvalue weighted by Gasteiger charge is -2.63. The molecule has 7 atom stereocenters. The molecule has 144 valence electrons. The summed E-state index contributed by atoms with van der Waals surface area (Å²) < 4.78 is 11.6. The second-order valence-corrected chi connectivity index (χ2v) is 10.1. The minimum Gasteiger partial charge on any atom is -0.462 e. The normalized spacial score (nSPS) is 46.3. The topological polar surface area (TPSA) is 52.6 Å². The van der Waals surface area contributed by atoms with Crippen LogP contribution < -0.4 is 0 Å². The molecular formula is C22H32O4. The van der Waals surface area contributed by atoms with E-state index in [0.29, 0.717) is 23.7 Å². The van der Waals surface area contributed by atoms with Crippen molar-refractivity contribution < 1.29 is 19.1 Å². The third-order valence-electron chi connectivity index (χ3n) is 8.20. The largest absolute Gasteiger partial charge is 0.462 e. The Kier molecular flexibility index (Phi) is 4.06. The van der Waals surface area contributed by atoms with Gasteiger partial charge < -0.3 is 9.47 Å². The summed E-state index contributed by atoms with van der Waals surface area (Å²) in [6.45, 7) is 10.9. The Balaban J connectivity index is 1.75. The molecule has 3 saturated carbocycles. The van der Waals surface area contributed by atoms with Gasteiger partial charge in [0.05, 0.1) is 0 Å². The molecule has 0 spiro atoms. The molecule has 4 aliphatic rings. The van der Waals surface area contributed by atoms with Gasteiger partial charge in [-0.2, -0.15) is 0 Å². The van der Waals surface area contributed by atoms with Gasteiger partial charge in [0.25, 0.3) is 0 Å². The zero-order chi connectivity index (χ0) is 18.9. The molecule has 0 N–H and O–H groups in total. The van der Waals surface area contributed by atoms with Crippen molar-refractivity contribution in [1.29, 1.82) is 0 Å². The first-order chi connectivity index (χ1) is 12.1. The van der Waals surface area contributed by atoms with Crippen LogP contribution in [0.15, 0.2) is 11.6 Å². The molecule has 4 nitrogen and oxygen atoms in total. The number of rotatable bonds is 1. The van der Waals surface area contributed by atoms with Crippen LogP contribution in [0.25, 0.3) is 0 Å². The van der Waals surface area contributed by atoms with E-state index in [-0.39, 0.29) is 35.0 Å². The summed E-state index contributed by atoms with van der Waals surface area (Å²) in [6, 6.07) is 0. The van der Waals surface area contributed by atoms with E-state index in [9.17, 15) is 9.59 Å². The van der Waals surface area contributed by atoms with E-state index in [0.717, 1.165) is 18.4 Å². The van der Waals surface area contributed by atoms with Gasteiger partial charge in [-0.1, -0.05) is 34.1 Å². The molecule has 1 heterocycles. The zero-order valence-electron chi connectivity index (χ0n) is 16.7. The molecule has 0 unspecified atom stereocenters. The summed E-state index contributed by atoms with van der Waals surface area (Å²) >= 11 is 0. The monoisotopic (exact) mass is 360 g/mol. The van der Waals surface area contributed by atoms with Crippen LogP contribution in [0.3, 0.4) is 0 Å². The second-order valence-electron chi connectivity index (χ2n) is 10.1. The predicted molar refractivity (Wildman–Crippen MR) is 98.1 cm³/mol. The molecule has 3 fully saturated rings. The van der Waals surface area contributed by atoms with E-state index in [1.165, 1.54) is 26.2 Å². The molecule has 26 heavy (non-hydrogen) atoms. The quantitative estimate of drug-likeness (QED) is 0.655. The third kappa shape index (κ3) is 2.55. The van der Waals surface area contributed by atoms with Gasteiger partial charge in [0, 0.05) is 18.9 Å². The summed E-state index contributed by atoms with van der Waals surface area (Å²) in [7, 11) is 0. The first kappa shape index (κ1) is 18.1. The van der Waals surface area contributed by atoms with Gasteiger partial charge in [-0.15, -0.1) is 0 Å². The standard InChI is InChI=1S/C22H32O4/c1-12-14-9-18(25-13(2)23)20-21(3,4)7-6-8-22(20,5)16(14)11-17-15(12)10-19(24)26-17/h10,12,14,16-18,20H,6-9,11H2,1-5H3/t12-,14+,16+,17-,18-,20+,22-/m1/s1. The minimum absolute atomic E-state index is 0.0216. The average Bonchev–Trinajstić information content (AvgIpc) is 2.88. The highest BCUT2D eigenvalue weighted by molar-refractivity contribution is 5.86. The fourth-order valence-corrected chi connectivity index (χ4v) is 7.41. The highest BCUT2D eigenvalue weighted by atomic mass is 16.5. The van der Waals surface area contributed by atoms with Crippen molar-refractivity contribution in [2.24, 2.45) is 34.5 Å². The van der Waals surface area contributed by atoms with E-state index in [2.05, 4.69) is 27.7 Å². The van der Waals surface area contributed by atoms with Gasteiger partial charge in [0.15, 0.2) is 0 Å². The lowest BCUT2D eigenvalue weighted by atomic mass is 9.42. The molecule has 3 aliphatic carbocycles. The van der Waals surface area contributed by atoms with E-state index in [1.807, 2.05) is 0 Å². The molecule has 0 aromatic heterocycles. The number of carbonyl (C=O) groups is 2. The first-order valence-electron chi connectivity index (χ1n) is 10.2. The van der Waals surface area contributed by atoms with Crippen molar-refractivity contribution in [2.75, 3.05) is 0 Å². The lowest BCUT2D eigenvalue weighted by Crippen LogP contribution is -2.61. The number of hydrogen-bond acceptors (Lipinski definition) is 4. The summed E-state index contributed by atoms with van der Waals surface area (Å²) in [4.78, 5) is 23.7. The smallest absolute Gasteiger partial charge is 0.331 e. The van der Waals surface area contributed by atoms with E-state index >= 15 is 0 Å². The first-order valence-corrected chi connectivity index (χ1v) is 10.2. The molecule has 0 bridgehead atoms. The van der Waals surface area contributed by atoms with Crippen LogP contribution in [0.4, 0.5) is 0 Å². The fourth-order valence-electron chi connectivity index (χ4n) is 7.41. The molecule has 0 amide bonds. The van der Waals surface area contributed by atoms with Crippen LogP contribution in [0, 0.1) is 34.5 Å². The van der Waals surface area contributed by atoms with Crippen molar-refractivity contribution in [3.63, 3.8) is 0 Å². The molecule has 0 aromatic carbocycles. The third-order valence-corrected chi connectivity index (χ3v) is 8.20. The molecule has 0 aromatic rings. The highest BCUT2D eigenvalue weighted by Gasteiger charge is 2.62. The number of fused-ring (bicyclic) bond motifs is 4. The Morgan fingerprint density at radius 3 is 2.65 bits per heavy atom. The predicted octanol–water partition coefficient (Wildman–Crippen LogP) is 4.28. The molecule has 1 aliphatic heterocycles. The Bertz CT molecular complexity index is 663. The molecular weight excluding hydrogens is 328 g/mol. The van der Waals surface area contributed by atoms with Crippen LogP contribution in [-0.4, -0.2) is 24.1 Å². The van der Waals surface area contributed by atoms with Gasteiger partial charge in [0.2, 0.25) is 0 Å². The van der Waals surface area contributed by atoms with Crippen LogP contribution >= 0.6 is 0 Å². The van der Waals surface area contributed by atoms with Crippen LogP contribution in [0.1, 0.15) is 66.7 Å². The Hall–Kier alpha value is -1.32. The Morgan fingerprint density at radius 1 is 1.23 bits per heavy atom. The number of ether oxygens (including phenoxy) is 2. The summed E-state index contributed by atoms with van der Waals surface area (Å²) in [5.41, 5.74) is 1.44. The SMILES string of the molecule is CC(=O)O[C@@H]1C[C@H]2[C@@H](C)C3=CC(=O)O[C@@H]3C[C@@H]2[C@@]2(C)CCCC(C)(C)[C@H]12. The van der Waals surface area contributed by atoms with Crippen LogP contribution in [0.5, 0.6) is 0 Å². The number of carbonyl (C=O) groups excluding carboxylic acids is 2. The molecule has 4 rings (SSSR count). The summed E-state index contributed by atoms with van der Waals surface area (Å²) in [6.07, 6.45) is 7.07. The van der Waals surface area contributed by atoms with Gasteiger partial charge >= 0.3 is 11.9 Å². The summed E-state index contributed by atoms with van der Waals surface area (Å²) in [5, 5.41) is 0. The Morgan fingerprint density at radius 2 is 1.96 bits per heavy atom. The van der Waals surface area contributed by atoms with Crippen molar-refractivity contribution in [2.45, 2.75) is 78.9 Å². The maximum atomic E-state index is 11.9. The van der Waals surface area contributed by atoms with Crippen LogP contribution in [-0.2, 0) is 19.1 Å². The van der Waals surface area contributed by atoms with E-state index in [1.54, 1.807) is 6.08 Å². The second kappa shape index (κ2) is 5.84. The molecule has 0 radical (unpaired) electrons. The maximum absolute atomic E-state index is 11.9. The average molecular weight is 360 g/mol. The fraction of sp³-hybridized carbons (Fsp3) is 0.818. The van der Waals surface area contributed by atoms with Crippen molar-refractivity contribution in [3.05, 3.63) is 11.6 Å². The zero-order valence-corrected chi connectivity index (χ0v) is 16.7. The maximum Gasteiger partial charge on any atom is 0.331 e. The lowest BCUT2D eigenvalue weighted by molar-refractivity contribution is -0.200. The van der Waals surface area contributed by atoms with Crippen LogP contribution in [0.2, 0.25) is 0 Å². The van der Waals surface area contributed by atoms with Crippen molar-refractivity contribution in [1.82, 2.24) is 0 Å². The summed E-state index contributed by atoms with van der Waals surface area (Å²) in [5.74, 6) is 1.29. The highest BCUT2D eigenvalue weighted by Crippen LogP contribution is 2.65. The Labute approximate surface area is 156 Å². The van der Waals surface area contributed by atoms with Gasteiger partial charge in [-0.25, -0.2) is 4.79 Å². The molecule has 4 heteroatoms. The number of esters is 2. The van der Waals surface area contributed by atoms with Gasteiger partial charge in [-0.05, 0) is 59.8 Å². The van der Waals surface area contributed by atoms with Gasteiger partial charge in [0.1, 0.15) is 12.2 Å². The number of hydrogen-bond donors (Lipinski definition) is 0. The van der Waals surface area contributed by atoms with Gasteiger partial charge in [-0.3, -0.25) is 4.79 Å². The van der Waals surface area contributed by atoms with Crippen molar-refractivity contribution >= 4 is 11.9 Å².